The minimum atomic E-state index is -0.754. The zero-order valence-corrected chi connectivity index (χ0v) is 8.96. The molecule has 0 radical (unpaired) electrons. The zero-order valence-electron chi connectivity index (χ0n) is 8.96. The minimum absolute atomic E-state index is 0.197. The molecule has 0 aliphatic heterocycles. The van der Waals surface area contributed by atoms with Crippen LogP contribution in [0.15, 0.2) is 18.2 Å². The standard InChI is InChI=1S/C12H15FO2/c1-3-8-7-12(8,14)9-4-5-10(13)11(6-9)15-2/h4-6,8,14H,3,7H2,1-2H3. The van der Waals surface area contributed by atoms with Gasteiger partial charge in [0.05, 0.1) is 12.7 Å². The Morgan fingerprint density at radius 2 is 2.33 bits per heavy atom. The van der Waals surface area contributed by atoms with E-state index in [4.69, 9.17) is 4.74 Å². The number of benzene rings is 1. The van der Waals surface area contributed by atoms with Gasteiger partial charge in [-0.2, -0.15) is 0 Å². The van der Waals surface area contributed by atoms with E-state index in [0.29, 0.717) is 5.92 Å². The second-order valence-electron chi connectivity index (χ2n) is 4.08. The first kappa shape index (κ1) is 10.4. The van der Waals surface area contributed by atoms with E-state index in [2.05, 4.69) is 0 Å². The highest BCUT2D eigenvalue weighted by atomic mass is 19.1. The first-order valence-corrected chi connectivity index (χ1v) is 5.18. The van der Waals surface area contributed by atoms with Gasteiger partial charge < -0.3 is 9.84 Å². The monoisotopic (exact) mass is 210 g/mol. The van der Waals surface area contributed by atoms with E-state index in [1.165, 1.54) is 13.2 Å². The van der Waals surface area contributed by atoms with Gasteiger partial charge in [0.2, 0.25) is 0 Å². The Labute approximate surface area is 88.7 Å². The van der Waals surface area contributed by atoms with E-state index in [9.17, 15) is 9.50 Å². The normalized spacial score (nSPS) is 28.9. The van der Waals surface area contributed by atoms with Crippen molar-refractivity contribution in [3.8, 4) is 5.75 Å². The van der Waals surface area contributed by atoms with Gasteiger partial charge in [0, 0.05) is 0 Å². The van der Waals surface area contributed by atoms with E-state index in [0.717, 1.165) is 18.4 Å². The molecular formula is C12H15FO2. The number of hydrogen-bond donors (Lipinski definition) is 1. The number of hydrogen-bond acceptors (Lipinski definition) is 2. The lowest BCUT2D eigenvalue weighted by Crippen LogP contribution is -2.08. The fourth-order valence-electron chi connectivity index (χ4n) is 2.08. The van der Waals surface area contributed by atoms with E-state index >= 15 is 0 Å². The first-order valence-electron chi connectivity index (χ1n) is 5.18. The Morgan fingerprint density at radius 1 is 1.60 bits per heavy atom. The molecule has 0 heterocycles. The van der Waals surface area contributed by atoms with Crippen molar-refractivity contribution in [3.05, 3.63) is 29.6 Å². The number of halogens is 1. The molecule has 0 bridgehead atoms. The molecule has 3 heteroatoms. The second kappa shape index (κ2) is 3.49. The third-order valence-electron chi connectivity index (χ3n) is 3.22. The molecule has 1 saturated carbocycles. The Hall–Kier alpha value is -1.09. The summed E-state index contributed by atoms with van der Waals surface area (Å²) < 4.78 is 18.0. The maximum atomic E-state index is 13.2. The molecule has 0 saturated heterocycles. The average molecular weight is 210 g/mol. The zero-order chi connectivity index (χ0) is 11.1. The van der Waals surface area contributed by atoms with Crippen molar-refractivity contribution >= 4 is 0 Å². The summed E-state index contributed by atoms with van der Waals surface area (Å²) in [4.78, 5) is 0. The van der Waals surface area contributed by atoms with E-state index in [-0.39, 0.29) is 5.75 Å². The molecular weight excluding hydrogens is 195 g/mol. The average Bonchev–Trinajstić information content (AvgIpc) is 2.92. The number of aliphatic hydroxyl groups is 1. The van der Waals surface area contributed by atoms with Crippen LogP contribution in [0.5, 0.6) is 5.75 Å². The maximum Gasteiger partial charge on any atom is 0.165 e. The van der Waals surface area contributed by atoms with Crippen molar-refractivity contribution in [2.24, 2.45) is 5.92 Å². The van der Waals surface area contributed by atoms with Crippen molar-refractivity contribution < 1.29 is 14.2 Å². The highest BCUT2D eigenvalue weighted by molar-refractivity contribution is 5.37. The second-order valence-corrected chi connectivity index (χ2v) is 4.08. The van der Waals surface area contributed by atoms with Gasteiger partial charge in [-0.05, 0) is 30.0 Å². The van der Waals surface area contributed by atoms with Crippen LogP contribution in [-0.2, 0) is 5.60 Å². The summed E-state index contributed by atoms with van der Waals surface area (Å²) in [5.74, 6) is 0.105. The lowest BCUT2D eigenvalue weighted by atomic mass is 10.0. The van der Waals surface area contributed by atoms with Crippen LogP contribution in [0.4, 0.5) is 4.39 Å². The summed E-state index contributed by atoms with van der Waals surface area (Å²) in [5.41, 5.74) is 0.00280. The van der Waals surface area contributed by atoms with Gasteiger partial charge >= 0.3 is 0 Å². The molecule has 1 fully saturated rings. The molecule has 15 heavy (non-hydrogen) atoms. The summed E-state index contributed by atoms with van der Waals surface area (Å²) >= 11 is 0. The largest absolute Gasteiger partial charge is 0.494 e. The molecule has 82 valence electrons. The predicted molar refractivity (Wildman–Crippen MR) is 55.2 cm³/mol. The fourth-order valence-corrected chi connectivity index (χ4v) is 2.08. The molecule has 2 unspecified atom stereocenters. The lowest BCUT2D eigenvalue weighted by molar-refractivity contribution is 0.130. The SMILES string of the molecule is CCC1CC1(O)c1ccc(F)c(OC)c1. The van der Waals surface area contributed by atoms with Crippen LogP contribution in [0.1, 0.15) is 25.3 Å². The third kappa shape index (κ3) is 1.61. The van der Waals surface area contributed by atoms with Crippen LogP contribution in [-0.4, -0.2) is 12.2 Å². The number of rotatable bonds is 3. The minimum Gasteiger partial charge on any atom is -0.494 e. The van der Waals surface area contributed by atoms with E-state index < -0.39 is 11.4 Å². The Balaban J connectivity index is 2.31. The third-order valence-corrected chi connectivity index (χ3v) is 3.22. The Kier molecular flexibility index (Phi) is 2.43. The van der Waals surface area contributed by atoms with Crippen molar-refractivity contribution in [3.63, 3.8) is 0 Å². The Morgan fingerprint density at radius 3 is 2.87 bits per heavy atom. The van der Waals surface area contributed by atoms with E-state index in [1.54, 1.807) is 12.1 Å². The Bertz CT molecular complexity index is 378. The van der Waals surface area contributed by atoms with Crippen LogP contribution in [0.25, 0.3) is 0 Å². The fraction of sp³-hybridized carbons (Fsp3) is 0.500. The van der Waals surface area contributed by atoms with Gasteiger partial charge in [0.25, 0.3) is 0 Å². The van der Waals surface area contributed by atoms with Crippen molar-refractivity contribution in [2.75, 3.05) is 7.11 Å². The van der Waals surface area contributed by atoms with Gasteiger partial charge in [0.1, 0.15) is 0 Å². The molecule has 2 nitrogen and oxygen atoms in total. The predicted octanol–water partition coefficient (Wildman–Crippen LogP) is 2.45. The highest BCUT2D eigenvalue weighted by Crippen LogP contribution is 2.54. The highest BCUT2D eigenvalue weighted by Gasteiger charge is 2.52. The van der Waals surface area contributed by atoms with Crippen LogP contribution in [0.3, 0.4) is 0 Å². The van der Waals surface area contributed by atoms with Crippen molar-refractivity contribution in [1.29, 1.82) is 0 Å². The van der Waals surface area contributed by atoms with Crippen LogP contribution in [0, 0.1) is 11.7 Å². The summed E-state index contributed by atoms with van der Waals surface area (Å²) in [6, 6.07) is 4.57. The quantitative estimate of drug-likeness (QED) is 0.830. The smallest absolute Gasteiger partial charge is 0.165 e. The molecule has 0 amide bonds. The van der Waals surface area contributed by atoms with Crippen molar-refractivity contribution in [1.82, 2.24) is 0 Å². The van der Waals surface area contributed by atoms with Crippen LogP contribution >= 0.6 is 0 Å². The number of methoxy groups -OCH3 is 1. The lowest BCUT2D eigenvalue weighted by Gasteiger charge is -2.12. The molecule has 2 atom stereocenters. The van der Waals surface area contributed by atoms with Crippen molar-refractivity contribution in [2.45, 2.75) is 25.4 Å². The molecule has 1 aliphatic carbocycles. The summed E-state index contributed by atoms with van der Waals surface area (Å²) in [6.07, 6.45) is 1.70. The van der Waals surface area contributed by atoms with Gasteiger partial charge in [-0.3, -0.25) is 0 Å². The van der Waals surface area contributed by atoms with Crippen LogP contribution < -0.4 is 4.74 Å². The topological polar surface area (TPSA) is 29.5 Å². The van der Waals surface area contributed by atoms with Gasteiger partial charge in [-0.1, -0.05) is 19.4 Å². The van der Waals surface area contributed by atoms with Crippen LogP contribution in [0.2, 0.25) is 0 Å². The molecule has 0 aromatic heterocycles. The summed E-state index contributed by atoms with van der Waals surface area (Å²) in [7, 11) is 1.43. The molecule has 1 N–H and O–H groups in total. The molecule has 1 aliphatic rings. The summed E-state index contributed by atoms with van der Waals surface area (Å²) in [5, 5.41) is 10.2. The summed E-state index contributed by atoms with van der Waals surface area (Å²) in [6.45, 7) is 2.05. The van der Waals surface area contributed by atoms with E-state index in [1.807, 2.05) is 6.92 Å². The molecule has 2 rings (SSSR count). The number of ether oxygens (including phenoxy) is 1. The van der Waals surface area contributed by atoms with Gasteiger partial charge in [0.15, 0.2) is 11.6 Å². The van der Waals surface area contributed by atoms with Gasteiger partial charge in [-0.15, -0.1) is 0 Å². The molecule has 1 aromatic carbocycles. The maximum absolute atomic E-state index is 13.2. The van der Waals surface area contributed by atoms with Gasteiger partial charge in [-0.25, -0.2) is 4.39 Å². The molecule has 0 spiro atoms. The molecule has 1 aromatic rings. The first-order chi connectivity index (χ1) is 7.11.